The molecule has 0 aliphatic heterocycles. The van der Waals surface area contributed by atoms with Crippen molar-refractivity contribution in [2.75, 3.05) is 6.54 Å². The molecule has 0 atom stereocenters. The molecule has 1 fully saturated rings. The first-order chi connectivity index (χ1) is 9.95. The van der Waals surface area contributed by atoms with Crippen molar-refractivity contribution in [3.05, 3.63) is 35.1 Å². The van der Waals surface area contributed by atoms with Crippen LogP contribution in [0, 0.1) is 11.7 Å². The lowest BCUT2D eigenvalue weighted by atomic mass is 10.1. The first kappa shape index (κ1) is 16.4. The highest BCUT2D eigenvalue weighted by atomic mass is 32.1. The Balaban J connectivity index is 2.17. The molecule has 1 aromatic rings. The van der Waals surface area contributed by atoms with Crippen molar-refractivity contribution in [1.82, 2.24) is 4.90 Å². The van der Waals surface area contributed by atoms with Crippen LogP contribution >= 0.6 is 12.2 Å². The maximum Gasteiger partial charge on any atom is 0.124 e. The number of hydrogen-bond donors (Lipinski definition) is 1. The Hall–Kier alpha value is -1.00. The fourth-order valence-electron chi connectivity index (χ4n) is 3.20. The summed E-state index contributed by atoms with van der Waals surface area (Å²) < 4.78 is 13.7. The molecule has 1 aromatic carbocycles. The number of hydrogen-bond acceptors (Lipinski definition) is 2. The van der Waals surface area contributed by atoms with Crippen LogP contribution < -0.4 is 5.73 Å². The van der Waals surface area contributed by atoms with Crippen LogP contribution in [0.3, 0.4) is 0 Å². The number of nitrogens with two attached hydrogens (primary N) is 1. The Bertz CT molecular complexity index is 496. The molecule has 0 bridgehead atoms. The van der Waals surface area contributed by atoms with Gasteiger partial charge in [-0.05, 0) is 42.5 Å². The van der Waals surface area contributed by atoms with E-state index in [1.165, 1.54) is 31.7 Å². The highest BCUT2D eigenvalue weighted by Crippen LogP contribution is 2.26. The van der Waals surface area contributed by atoms with Gasteiger partial charge >= 0.3 is 0 Å². The third kappa shape index (κ3) is 4.75. The lowest BCUT2D eigenvalue weighted by Gasteiger charge is -2.30. The molecule has 116 valence electrons. The van der Waals surface area contributed by atoms with Gasteiger partial charge in [-0.15, -0.1) is 0 Å². The molecule has 0 heterocycles. The van der Waals surface area contributed by atoms with Crippen molar-refractivity contribution in [2.24, 2.45) is 11.7 Å². The molecule has 4 heteroatoms. The van der Waals surface area contributed by atoms with E-state index in [0.717, 1.165) is 18.7 Å². The van der Waals surface area contributed by atoms with Gasteiger partial charge in [0.25, 0.3) is 0 Å². The van der Waals surface area contributed by atoms with E-state index in [9.17, 15) is 4.39 Å². The molecule has 1 saturated carbocycles. The molecule has 0 amide bonds. The summed E-state index contributed by atoms with van der Waals surface area (Å²) in [6.45, 7) is 6.28. The summed E-state index contributed by atoms with van der Waals surface area (Å²) in [5.41, 5.74) is 7.22. The summed E-state index contributed by atoms with van der Waals surface area (Å²) in [6, 6.07) is 5.57. The van der Waals surface area contributed by atoms with Crippen LogP contribution in [0.1, 0.15) is 50.7 Å². The average Bonchev–Trinajstić information content (AvgIpc) is 2.90. The molecule has 2 rings (SSSR count). The highest BCUT2D eigenvalue weighted by molar-refractivity contribution is 7.80. The lowest BCUT2D eigenvalue weighted by molar-refractivity contribution is 0.168. The van der Waals surface area contributed by atoms with Gasteiger partial charge in [-0.25, -0.2) is 4.39 Å². The smallest absolute Gasteiger partial charge is 0.124 e. The molecule has 2 N–H and O–H groups in total. The monoisotopic (exact) mass is 308 g/mol. The SMILES string of the molecule is CC(C)CN(Cc1cc(F)cc(C(N)=S)c1)C1CCCC1. The standard InChI is InChI=1S/C17H25FN2S/c1-12(2)10-20(16-5-3-4-6-16)11-13-7-14(17(19)21)9-15(18)8-13/h7-9,12,16H,3-6,10-11H2,1-2H3,(H2,19,21). The van der Waals surface area contributed by atoms with E-state index in [-0.39, 0.29) is 10.8 Å². The van der Waals surface area contributed by atoms with E-state index in [0.29, 0.717) is 17.5 Å². The molecule has 1 aliphatic carbocycles. The van der Waals surface area contributed by atoms with Gasteiger partial charge in [0.15, 0.2) is 0 Å². The minimum Gasteiger partial charge on any atom is -0.389 e. The number of thiocarbonyl (C=S) groups is 1. The normalized spacial score (nSPS) is 16.0. The Morgan fingerprint density at radius 1 is 1.33 bits per heavy atom. The van der Waals surface area contributed by atoms with Gasteiger partial charge < -0.3 is 5.73 Å². The van der Waals surface area contributed by atoms with E-state index in [1.54, 1.807) is 6.07 Å². The molecular formula is C17H25FN2S. The maximum absolute atomic E-state index is 13.7. The second kappa shape index (κ2) is 7.32. The fraction of sp³-hybridized carbons (Fsp3) is 0.588. The third-order valence-corrected chi connectivity index (χ3v) is 4.30. The second-order valence-electron chi connectivity index (χ2n) is 6.47. The first-order valence-electron chi connectivity index (χ1n) is 7.79. The largest absolute Gasteiger partial charge is 0.389 e. The van der Waals surface area contributed by atoms with E-state index >= 15 is 0 Å². The Morgan fingerprint density at radius 2 is 2.00 bits per heavy atom. The van der Waals surface area contributed by atoms with E-state index in [1.807, 2.05) is 6.07 Å². The van der Waals surface area contributed by atoms with Crippen molar-refractivity contribution in [3.63, 3.8) is 0 Å². The number of rotatable bonds is 6. The summed E-state index contributed by atoms with van der Waals surface area (Å²) in [6.07, 6.45) is 5.12. The molecule has 0 radical (unpaired) electrons. The Morgan fingerprint density at radius 3 is 2.57 bits per heavy atom. The van der Waals surface area contributed by atoms with Crippen molar-refractivity contribution in [1.29, 1.82) is 0 Å². The van der Waals surface area contributed by atoms with Gasteiger partial charge in [0.2, 0.25) is 0 Å². The molecule has 2 nitrogen and oxygen atoms in total. The van der Waals surface area contributed by atoms with Crippen LogP contribution in [-0.4, -0.2) is 22.5 Å². The molecule has 0 spiro atoms. The van der Waals surface area contributed by atoms with Crippen molar-refractivity contribution < 1.29 is 4.39 Å². The number of benzene rings is 1. The van der Waals surface area contributed by atoms with Crippen LogP contribution in [0.4, 0.5) is 4.39 Å². The quantitative estimate of drug-likeness (QED) is 0.809. The van der Waals surface area contributed by atoms with Gasteiger partial charge in [-0.2, -0.15) is 0 Å². The van der Waals surface area contributed by atoms with Crippen LogP contribution in [0.5, 0.6) is 0 Å². The second-order valence-corrected chi connectivity index (χ2v) is 6.91. The molecule has 1 aliphatic rings. The predicted molar refractivity (Wildman–Crippen MR) is 89.8 cm³/mol. The Labute approximate surface area is 132 Å². The van der Waals surface area contributed by atoms with Gasteiger partial charge in [0.1, 0.15) is 10.8 Å². The van der Waals surface area contributed by atoms with Crippen molar-refractivity contribution in [2.45, 2.75) is 52.1 Å². The molecule has 0 unspecified atom stereocenters. The summed E-state index contributed by atoms with van der Waals surface area (Å²) in [5, 5.41) is 0. The van der Waals surface area contributed by atoms with E-state index in [4.69, 9.17) is 18.0 Å². The first-order valence-corrected chi connectivity index (χ1v) is 8.20. The third-order valence-electron chi connectivity index (χ3n) is 4.07. The van der Waals surface area contributed by atoms with Crippen LogP contribution in [-0.2, 0) is 6.54 Å². The summed E-state index contributed by atoms with van der Waals surface area (Å²) in [5.74, 6) is 0.348. The van der Waals surface area contributed by atoms with E-state index < -0.39 is 0 Å². The Kier molecular flexibility index (Phi) is 5.71. The summed E-state index contributed by atoms with van der Waals surface area (Å²) in [7, 11) is 0. The van der Waals surface area contributed by atoms with Crippen molar-refractivity contribution in [3.8, 4) is 0 Å². The predicted octanol–water partition coefficient (Wildman–Crippen LogP) is 3.86. The average molecular weight is 308 g/mol. The van der Waals surface area contributed by atoms with Gasteiger partial charge in [-0.1, -0.05) is 38.9 Å². The maximum atomic E-state index is 13.7. The number of nitrogens with zero attached hydrogens (tertiary/aromatic N) is 1. The highest BCUT2D eigenvalue weighted by Gasteiger charge is 2.23. The van der Waals surface area contributed by atoms with E-state index in [2.05, 4.69) is 18.7 Å². The van der Waals surface area contributed by atoms with Crippen LogP contribution in [0.25, 0.3) is 0 Å². The van der Waals surface area contributed by atoms with Crippen LogP contribution in [0.2, 0.25) is 0 Å². The minimum atomic E-state index is -0.258. The van der Waals surface area contributed by atoms with Gasteiger partial charge in [0.05, 0.1) is 0 Å². The minimum absolute atomic E-state index is 0.257. The van der Waals surface area contributed by atoms with Gasteiger partial charge in [0, 0.05) is 24.7 Å². The molecule has 0 aromatic heterocycles. The zero-order valence-corrected chi connectivity index (χ0v) is 13.8. The van der Waals surface area contributed by atoms with Crippen molar-refractivity contribution >= 4 is 17.2 Å². The lowest BCUT2D eigenvalue weighted by Crippen LogP contribution is -2.35. The zero-order chi connectivity index (χ0) is 15.4. The number of halogens is 1. The van der Waals surface area contributed by atoms with Gasteiger partial charge in [-0.3, -0.25) is 4.90 Å². The topological polar surface area (TPSA) is 29.3 Å². The molecular weight excluding hydrogens is 283 g/mol. The fourth-order valence-corrected chi connectivity index (χ4v) is 3.32. The summed E-state index contributed by atoms with van der Waals surface area (Å²) in [4.78, 5) is 2.75. The van der Waals surface area contributed by atoms with Crippen LogP contribution in [0.15, 0.2) is 18.2 Å². The zero-order valence-electron chi connectivity index (χ0n) is 12.9. The molecule has 21 heavy (non-hydrogen) atoms. The molecule has 0 saturated heterocycles. The summed E-state index contributed by atoms with van der Waals surface area (Å²) >= 11 is 4.97.